The van der Waals surface area contributed by atoms with Gasteiger partial charge in [0.1, 0.15) is 0 Å². The van der Waals surface area contributed by atoms with Crippen molar-refractivity contribution < 1.29 is 56.9 Å². The Labute approximate surface area is 263 Å². The van der Waals surface area contributed by atoms with Gasteiger partial charge in [0, 0.05) is 0 Å². The maximum Gasteiger partial charge on any atom is -1.00 e. The van der Waals surface area contributed by atoms with Crippen LogP contribution in [0.4, 0.5) is 0 Å². The Kier molecular flexibility index (Phi) is 9.75. The SMILES string of the molecule is CC(C)(C)[Si](C)(C)O[C@@H]1[C]2=C(CCC3=[C]([Zr+2]2)[C@H](O[Si](C)(C)C(C)(C)C)c2ccccc23)c2ccccc21.[Cl-].[Cl-]. The van der Waals surface area contributed by atoms with E-state index in [-0.39, 0.29) is 47.1 Å². The van der Waals surface area contributed by atoms with E-state index in [0.717, 1.165) is 12.8 Å². The summed E-state index contributed by atoms with van der Waals surface area (Å²) in [7, 11) is -3.91. The summed E-state index contributed by atoms with van der Waals surface area (Å²) in [6.45, 7) is 23.8. The van der Waals surface area contributed by atoms with Crippen molar-refractivity contribution in [3.05, 3.63) is 77.3 Å². The molecule has 0 fully saturated rings. The molecule has 39 heavy (non-hydrogen) atoms. The Morgan fingerprint density at radius 2 is 0.949 bits per heavy atom. The largest absolute Gasteiger partial charge is 1.00 e. The maximum atomic E-state index is 7.30. The third kappa shape index (κ3) is 5.85. The fourth-order valence-corrected chi connectivity index (χ4v) is 12.7. The van der Waals surface area contributed by atoms with Crippen LogP contribution in [0.5, 0.6) is 0 Å². The van der Waals surface area contributed by atoms with Gasteiger partial charge in [0.15, 0.2) is 0 Å². The molecule has 0 unspecified atom stereocenters. The number of fused-ring (bicyclic) bond motifs is 4. The van der Waals surface area contributed by atoms with Crippen LogP contribution >= 0.6 is 0 Å². The van der Waals surface area contributed by atoms with Crippen LogP contribution < -0.4 is 24.8 Å². The van der Waals surface area contributed by atoms with E-state index in [0.29, 0.717) is 0 Å². The Bertz CT molecular complexity index is 1200. The predicted octanol–water partition coefficient (Wildman–Crippen LogP) is 3.85. The zero-order chi connectivity index (χ0) is 27.0. The minimum atomic E-state index is -1.96. The van der Waals surface area contributed by atoms with E-state index in [4.69, 9.17) is 8.85 Å². The van der Waals surface area contributed by atoms with Crippen LogP contribution in [0, 0.1) is 0 Å². The molecule has 0 aromatic heterocycles. The first kappa shape index (κ1) is 33.2. The van der Waals surface area contributed by atoms with Crippen LogP contribution in [-0.2, 0) is 32.1 Å². The number of halogens is 2. The molecule has 5 rings (SSSR count). The van der Waals surface area contributed by atoms with Gasteiger partial charge < -0.3 is 24.8 Å². The van der Waals surface area contributed by atoms with E-state index in [1.807, 2.05) is 0 Å². The maximum absolute atomic E-state index is 7.30. The number of allylic oxidation sites excluding steroid dienone is 2. The summed E-state index contributed by atoms with van der Waals surface area (Å²) in [5.41, 5.74) is 8.95. The van der Waals surface area contributed by atoms with E-state index < -0.39 is 39.9 Å². The molecular weight excluding hydrogens is 635 g/mol. The van der Waals surface area contributed by atoms with Gasteiger partial charge in [0.05, 0.1) is 0 Å². The van der Waals surface area contributed by atoms with Crippen molar-refractivity contribution in [3.8, 4) is 0 Å². The molecule has 0 saturated carbocycles. The summed E-state index contributed by atoms with van der Waals surface area (Å²) >= 11 is -1.15. The fraction of sp³-hybridized carbons (Fsp3) is 0.500. The first-order valence-corrected chi connectivity index (χ1v) is 22.2. The van der Waals surface area contributed by atoms with Crippen molar-refractivity contribution in [1.29, 1.82) is 0 Å². The molecule has 2 aromatic carbocycles. The molecule has 2 aromatic rings. The molecular formula is C32H44Cl2O2Si2Zr. The Balaban J connectivity index is 0.00000210. The smallest absolute Gasteiger partial charge is 1.00 e. The van der Waals surface area contributed by atoms with Gasteiger partial charge in [-0.05, 0) is 0 Å². The molecule has 7 heteroatoms. The van der Waals surface area contributed by atoms with E-state index in [9.17, 15) is 0 Å². The summed E-state index contributed by atoms with van der Waals surface area (Å²) in [4.78, 5) is 0. The molecule has 0 spiro atoms. The van der Waals surface area contributed by atoms with E-state index in [1.54, 1.807) is 17.7 Å². The van der Waals surface area contributed by atoms with Crippen molar-refractivity contribution in [3.63, 3.8) is 0 Å². The van der Waals surface area contributed by atoms with Crippen molar-refractivity contribution in [2.24, 2.45) is 0 Å². The van der Waals surface area contributed by atoms with Crippen LogP contribution in [-0.4, -0.2) is 16.6 Å². The van der Waals surface area contributed by atoms with Gasteiger partial charge in [-0.25, -0.2) is 0 Å². The van der Waals surface area contributed by atoms with Gasteiger partial charge in [-0.3, -0.25) is 0 Å². The minimum Gasteiger partial charge on any atom is -1.00 e. The van der Waals surface area contributed by atoms with Gasteiger partial charge in [0.25, 0.3) is 0 Å². The molecule has 1 heterocycles. The van der Waals surface area contributed by atoms with Gasteiger partial charge >= 0.3 is 240 Å². The Hall–Kier alpha value is -0.263. The Morgan fingerprint density at radius 1 is 0.615 bits per heavy atom. The van der Waals surface area contributed by atoms with Gasteiger partial charge in [-0.15, -0.1) is 0 Å². The average molecular weight is 679 g/mol. The van der Waals surface area contributed by atoms with E-state index >= 15 is 0 Å². The molecule has 210 valence electrons. The second-order valence-corrected chi connectivity index (χ2v) is 26.9. The molecule has 1 aliphatic heterocycles. The topological polar surface area (TPSA) is 18.5 Å². The van der Waals surface area contributed by atoms with Crippen molar-refractivity contribution in [2.75, 3.05) is 0 Å². The molecule has 0 N–H and O–H groups in total. The quantitative estimate of drug-likeness (QED) is 0.458. The molecule has 2 nitrogen and oxygen atoms in total. The van der Waals surface area contributed by atoms with Crippen LogP contribution in [0.15, 0.2) is 55.1 Å². The molecule has 2 atom stereocenters. The summed E-state index contributed by atoms with van der Waals surface area (Å²) in [6, 6.07) is 18.2. The second-order valence-electron chi connectivity index (χ2n) is 14.1. The monoisotopic (exact) mass is 676 g/mol. The van der Waals surface area contributed by atoms with Gasteiger partial charge in [0.2, 0.25) is 0 Å². The molecule has 0 bridgehead atoms. The normalized spacial score (nSPS) is 20.5. The zero-order valence-electron chi connectivity index (χ0n) is 25.3. The van der Waals surface area contributed by atoms with Crippen molar-refractivity contribution in [2.45, 2.75) is 103 Å². The zero-order valence-corrected chi connectivity index (χ0v) is 31.2. The van der Waals surface area contributed by atoms with Gasteiger partial charge in [-0.1, -0.05) is 0 Å². The number of hydrogen-bond donors (Lipinski definition) is 0. The molecule has 0 radical (unpaired) electrons. The summed E-state index contributed by atoms with van der Waals surface area (Å²) in [5.74, 6) is 0. The summed E-state index contributed by atoms with van der Waals surface area (Å²) in [6.07, 6.45) is 2.49. The van der Waals surface area contributed by atoms with Gasteiger partial charge in [-0.2, -0.15) is 0 Å². The van der Waals surface area contributed by atoms with E-state index in [1.165, 1.54) is 22.3 Å². The molecule has 3 aliphatic rings. The van der Waals surface area contributed by atoms with Crippen LogP contribution in [0.2, 0.25) is 36.3 Å². The molecule has 0 amide bonds. The summed E-state index contributed by atoms with van der Waals surface area (Å²) < 4.78 is 17.9. The third-order valence-corrected chi connectivity index (χ3v) is 22.6. The first-order valence-electron chi connectivity index (χ1n) is 13.9. The number of benzene rings is 2. The second kappa shape index (κ2) is 11.4. The van der Waals surface area contributed by atoms with Crippen LogP contribution in [0.1, 0.15) is 88.8 Å². The molecule has 0 saturated heterocycles. The Morgan fingerprint density at radius 3 is 1.28 bits per heavy atom. The standard InChI is InChI=1S/C32H44O2Si2.2ClH.Zr/c1-31(2,3)35(7,8)33-29-21-23(25-15-11-13-17-27(25)29)19-20-24-22-30(28-18-14-12-16-26(24)28)34-36(9,10)32(4,5)6;;;/h11-18,29-30H,19-20H2,1-10H3;2*1H;/q;;;+2/p-2/t29-,30+;;;. The van der Waals surface area contributed by atoms with Crippen molar-refractivity contribution >= 4 is 27.8 Å². The fourth-order valence-electron chi connectivity index (χ4n) is 5.32. The summed E-state index contributed by atoms with van der Waals surface area (Å²) in [5, 5.41) is 0.367. The number of hydrogen-bond acceptors (Lipinski definition) is 2. The van der Waals surface area contributed by atoms with Crippen LogP contribution in [0.3, 0.4) is 0 Å². The minimum absolute atomic E-state index is 0. The van der Waals surface area contributed by atoms with Crippen LogP contribution in [0.25, 0.3) is 11.1 Å². The van der Waals surface area contributed by atoms with E-state index in [2.05, 4.69) is 116 Å². The van der Waals surface area contributed by atoms with Crippen molar-refractivity contribution in [1.82, 2.24) is 0 Å². The first-order chi connectivity index (χ1) is 17.1. The number of rotatable bonds is 4. The average Bonchev–Trinajstić information content (AvgIpc) is 3.14. The molecule has 2 aliphatic carbocycles. The third-order valence-electron chi connectivity index (χ3n) is 9.64. The predicted molar refractivity (Wildman–Crippen MR) is 158 cm³/mol.